The van der Waals surface area contributed by atoms with Gasteiger partial charge in [0.25, 0.3) is 5.91 Å². The Hall–Kier alpha value is -3.81. The van der Waals surface area contributed by atoms with Crippen LogP contribution in [0.25, 0.3) is 5.69 Å². The first kappa shape index (κ1) is 18.5. The minimum absolute atomic E-state index is 0.166. The molecule has 8 nitrogen and oxygen atoms in total. The van der Waals surface area contributed by atoms with Crippen molar-refractivity contribution in [3.63, 3.8) is 0 Å². The molecule has 0 aliphatic carbocycles. The molecule has 2 heterocycles. The predicted octanol–water partition coefficient (Wildman–Crippen LogP) is 3.19. The van der Waals surface area contributed by atoms with Crippen LogP contribution in [0.4, 0.5) is 5.69 Å². The van der Waals surface area contributed by atoms with Crippen LogP contribution in [-0.4, -0.2) is 40.6 Å². The van der Waals surface area contributed by atoms with E-state index in [-0.39, 0.29) is 18.3 Å². The van der Waals surface area contributed by atoms with Crippen LogP contribution in [-0.2, 0) is 0 Å². The van der Waals surface area contributed by atoms with Crippen molar-refractivity contribution in [2.75, 3.05) is 18.7 Å². The number of nitrogens with zero attached hydrogens (tertiary/aromatic N) is 3. The Morgan fingerprint density at radius 3 is 2.59 bits per heavy atom. The molecule has 0 bridgehead atoms. The van der Waals surface area contributed by atoms with Gasteiger partial charge in [0.2, 0.25) is 6.79 Å². The van der Waals surface area contributed by atoms with Gasteiger partial charge in [0, 0.05) is 24.4 Å². The summed E-state index contributed by atoms with van der Waals surface area (Å²) in [7, 11) is 1.68. The van der Waals surface area contributed by atoms with Gasteiger partial charge in [-0.3, -0.25) is 4.79 Å². The van der Waals surface area contributed by atoms with Crippen LogP contribution in [0.5, 0.6) is 11.5 Å². The smallest absolute Gasteiger partial charge is 0.339 e. The van der Waals surface area contributed by atoms with Gasteiger partial charge in [-0.15, -0.1) is 0 Å². The highest BCUT2D eigenvalue weighted by atomic mass is 16.7. The summed E-state index contributed by atoms with van der Waals surface area (Å²) in [6.45, 7) is 3.51. The summed E-state index contributed by atoms with van der Waals surface area (Å²) in [5.74, 6) is 0.00169. The molecule has 2 aromatic carbocycles. The summed E-state index contributed by atoms with van der Waals surface area (Å²) < 4.78 is 12.2. The molecule has 4 rings (SSSR count). The molecule has 29 heavy (non-hydrogen) atoms. The van der Waals surface area contributed by atoms with Gasteiger partial charge >= 0.3 is 5.97 Å². The van der Waals surface area contributed by atoms with Crippen LogP contribution < -0.4 is 14.4 Å². The first-order chi connectivity index (χ1) is 13.9. The number of ether oxygens (including phenoxy) is 2. The fourth-order valence-electron chi connectivity index (χ4n) is 3.38. The molecule has 0 saturated heterocycles. The topological polar surface area (TPSA) is 93.9 Å². The number of carbonyl (C=O) groups is 2. The lowest BCUT2D eigenvalue weighted by molar-refractivity contribution is 0.0695. The second-order valence-electron chi connectivity index (χ2n) is 6.71. The molecule has 0 spiro atoms. The highest BCUT2D eigenvalue weighted by Crippen LogP contribution is 2.35. The largest absolute Gasteiger partial charge is 0.478 e. The maximum Gasteiger partial charge on any atom is 0.339 e. The maximum absolute atomic E-state index is 13.0. The minimum atomic E-state index is -1.03. The molecule has 0 atom stereocenters. The first-order valence-electron chi connectivity index (χ1n) is 8.94. The molecule has 1 aliphatic rings. The monoisotopic (exact) mass is 393 g/mol. The van der Waals surface area contributed by atoms with E-state index < -0.39 is 5.97 Å². The van der Waals surface area contributed by atoms with Crippen molar-refractivity contribution in [3.05, 3.63) is 65.0 Å². The summed E-state index contributed by atoms with van der Waals surface area (Å²) in [6, 6.07) is 12.2. The third-order valence-electron chi connectivity index (χ3n) is 4.89. The van der Waals surface area contributed by atoms with E-state index in [4.69, 9.17) is 9.47 Å². The number of aromatic carboxylic acids is 1. The lowest BCUT2D eigenvalue weighted by Gasteiger charge is -2.18. The fraction of sp³-hybridized carbons (Fsp3) is 0.190. The Bertz CT molecular complexity index is 1140. The van der Waals surface area contributed by atoms with E-state index in [1.54, 1.807) is 63.4 Å². The number of amides is 1. The normalized spacial score (nSPS) is 12.1. The third-order valence-corrected chi connectivity index (χ3v) is 4.89. The zero-order valence-electron chi connectivity index (χ0n) is 16.2. The molecule has 8 heteroatoms. The van der Waals surface area contributed by atoms with Crippen molar-refractivity contribution in [1.29, 1.82) is 0 Å². The molecule has 3 aromatic rings. The van der Waals surface area contributed by atoms with Gasteiger partial charge in [0.1, 0.15) is 5.56 Å². The molecule has 1 aliphatic heterocycles. The van der Waals surface area contributed by atoms with E-state index in [9.17, 15) is 14.7 Å². The standard InChI is InChI=1S/C21H19N3O5/c1-12-19(21(26)27)13(2)24(22-12)16-6-4-5-14(9-16)20(25)23(3)15-7-8-17-18(10-15)29-11-28-17/h4-10H,11H2,1-3H3,(H,26,27). The van der Waals surface area contributed by atoms with E-state index in [2.05, 4.69) is 5.10 Å². The predicted molar refractivity (Wildman–Crippen MR) is 105 cm³/mol. The Morgan fingerprint density at radius 2 is 1.86 bits per heavy atom. The number of benzene rings is 2. The van der Waals surface area contributed by atoms with Gasteiger partial charge in [-0.05, 0) is 44.2 Å². The number of carboxylic acids is 1. The summed E-state index contributed by atoms with van der Waals surface area (Å²) in [5, 5.41) is 13.7. The van der Waals surface area contributed by atoms with E-state index in [1.807, 2.05) is 0 Å². The second kappa shape index (κ2) is 6.97. The number of aryl methyl sites for hydroxylation is 1. The van der Waals surface area contributed by atoms with Crippen molar-refractivity contribution in [2.45, 2.75) is 13.8 Å². The van der Waals surface area contributed by atoms with E-state index in [0.29, 0.717) is 39.8 Å². The van der Waals surface area contributed by atoms with Crippen LogP contribution in [0.15, 0.2) is 42.5 Å². The van der Waals surface area contributed by atoms with E-state index in [1.165, 1.54) is 9.58 Å². The maximum atomic E-state index is 13.0. The number of rotatable bonds is 4. The van der Waals surface area contributed by atoms with Gasteiger partial charge in [0.05, 0.1) is 17.1 Å². The highest BCUT2D eigenvalue weighted by Gasteiger charge is 2.21. The Labute approximate surface area is 166 Å². The highest BCUT2D eigenvalue weighted by molar-refractivity contribution is 6.06. The zero-order chi connectivity index (χ0) is 20.7. The summed E-state index contributed by atoms with van der Waals surface area (Å²) in [4.78, 5) is 26.0. The van der Waals surface area contributed by atoms with Crippen molar-refractivity contribution in [2.24, 2.45) is 0 Å². The van der Waals surface area contributed by atoms with Gasteiger partial charge in [-0.2, -0.15) is 5.10 Å². The molecule has 1 N–H and O–H groups in total. The molecular weight excluding hydrogens is 374 g/mol. The van der Waals surface area contributed by atoms with Crippen molar-refractivity contribution < 1.29 is 24.2 Å². The number of carboxylic acid groups (broad SMARTS) is 1. The van der Waals surface area contributed by atoms with Crippen LogP contribution in [0.2, 0.25) is 0 Å². The third kappa shape index (κ3) is 3.18. The molecular formula is C21H19N3O5. The molecule has 0 saturated carbocycles. The van der Waals surface area contributed by atoms with Crippen LogP contribution in [0.1, 0.15) is 32.1 Å². The number of carbonyl (C=O) groups excluding carboxylic acids is 1. The Morgan fingerprint density at radius 1 is 1.10 bits per heavy atom. The Kier molecular flexibility index (Phi) is 4.46. The second-order valence-corrected chi connectivity index (χ2v) is 6.71. The number of anilines is 1. The number of aromatic nitrogens is 2. The SMILES string of the molecule is Cc1nn(-c2cccc(C(=O)N(C)c3ccc4c(c3)OCO4)c2)c(C)c1C(=O)O. The van der Waals surface area contributed by atoms with E-state index >= 15 is 0 Å². The van der Waals surface area contributed by atoms with Gasteiger partial charge in [-0.1, -0.05) is 6.07 Å². The number of fused-ring (bicyclic) bond motifs is 1. The first-order valence-corrected chi connectivity index (χ1v) is 8.94. The van der Waals surface area contributed by atoms with Gasteiger partial charge in [-0.25, -0.2) is 9.48 Å². The minimum Gasteiger partial charge on any atom is -0.478 e. The summed E-state index contributed by atoms with van der Waals surface area (Å²) in [6.07, 6.45) is 0. The Balaban J connectivity index is 1.66. The molecule has 0 fully saturated rings. The quantitative estimate of drug-likeness (QED) is 0.732. The van der Waals surface area contributed by atoms with Crippen LogP contribution >= 0.6 is 0 Å². The van der Waals surface area contributed by atoms with Gasteiger partial charge < -0.3 is 19.5 Å². The summed E-state index contributed by atoms with van der Waals surface area (Å²) >= 11 is 0. The number of hydrogen-bond acceptors (Lipinski definition) is 5. The molecule has 1 amide bonds. The van der Waals surface area contributed by atoms with Gasteiger partial charge in [0.15, 0.2) is 11.5 Å². The average molecular weight is 393 g/mol. The molecule has 148 valence electrons. The average Bonchev–Trinajstić information content (AvgIpc) is 3.29. The number of hydrogen-bond donors (Lipinski definition) is 1. The lowest BCUT2D eigenvalue weighted by atomic mass is 10.1. The molecule has 1 aromatic heterocycles. The summed E-state index contributed by atoms with van der Waals surface area (Å²) in [5.41, 5.74) is 2.83. The fourth-order valence-corrected chi connectivity index (χ4v) is 3.38. The lowest BCUT2D eigenvalue weighted by Crippen LogP contribution is -2.26. The van der Waals surface area contributed by atoms with E-state index in [0.717, 1.165) is 0 Å². The van der Waals surface area contributed by atoms with Crippen LogP contribution in [0.3, 0.4) is 0 Å². The van der Waals surface area contributed by atoms with Crippen molar-refractivity contribution in [1.82, 2.24) is 9.78 Å². The van der Waals surface area contributed by atoms with Crippen molar-refractivity contribution >= 4 is 17.6 Å². The van der Waals surface area contributed by atoms with Crippen LogP contribution in [0, 0.1) is 13.8 Å². The molecule has 0 unspecified atom stereocenters. The zero-order valence-corrected chi connectivity index (χ0v) is 16.2. The molecule has 0 radical (unpaired) electrons. The van der Waals surface area contributed by atoms with Crippen molar-refractivity contribution in [3.8, 4) is 17.2 Å².